The number of morpholine rings is 1. The molecule has 2 aromatic carbocycles. The number of nitrogens with zero attached hydrogens (tertiary/aromatic N) is 3. The Bertz CT molecular complexity index is 880. The second kappa shape index (κ2) is 11.7. The monoisotopic (exact) mass is 472 g/mol. The number of halogens is 1. The van der Waals surface area contributed by atoms with Crippen LogP contribution in [0, 0.1) is 0 Å². The summed E-state index contributed by atoms with van der Waals surface area (Å²) in [5.74, 6) is 0.870. The van der Waals surface area contributed by atoms with E-state index in [1.165, 1.54) is 5.69 Å². The average molecular weight is 473 g/mol. The second-order valence-corrected chi connectivity index (χ2v) is 8.93. The smallest absolute Gasteiger partial charge is 0.241 e. The van der Waals surface area contributed by atoms with E-state index in [4.69, 9.17) is 21.1 Å². The molecule has 7 nitrogen and oxygen atoms in total. The van der Waals surface area contributed by atoms with Crippen molar-refractivity contribution in [3.05, 3.63) is 53.6 Å². The fraction of sp³-hybridized carbons (Fsp3) is 0.480. The third-order valence-electron chi connectivity index (χ3n) is 6.34. The van der Waals surface area contributed by atoms with Crippen molar-refractivity contribution in [3.8, 4) is 5.75 Å². The third-order valence-corrected chi connectivity index (χ3v) is 6.59. The summed E-state index contributed by atoms with van der Waals surface area (Å²) in [6.45, 7) is 10.4. The molecule has 4 rings (SSSR count). The maximum Gasteiger partial charge on any atom is 0.241 e. The average Bonchev–Trinajstić information content (AvgIpc) is 2.86. The number of ether oxygens (including phenoxy) is 2. The van der Waals surface area contributed by atoms with E-state index in [0.717, 1.165) is 70.5 Å². The highest BCUT2D eigenvalue weighted by molar-refractivity contribution is 6.30. The first kappa shape index (κ1) is 23.8. The molecule has 0 saturated carbocycles. The van der Waals surface area contributed by atoms with Crippen LogP contribution in [-0.2, 0) is 9.53 Å². The number of carbonyl (C=O) groups is 1. The van der Waals surface area contributed by atoms with Crippen LogP contribution in [0.2, 0.25) is 5.02 Å². The summed E-state index contributed by atoms with van der Waals surface area (Å²) in [6.07, 6.45) is 0. The summed E-state index contributed by atoms with van der Waals surface area (Å²) in [6, 6.07) is 15.4. The third kappa shape index (κ3) is 6.84. The van der Waals surface area contributed by atoms with Crippen LogP contribution in [-0.4, -0.2) is 87.4 Å². The molecule has 0 bridgehead atoms. The molecule has 0 radical (unpaired) electrons. The predicted octanol–water partition coefficient (Wildman–Crippen LogP) is 3.20. The molecule has 2 fully saturated rings. The molecule has 1 N–H and O–H groups in total. The van der Waals surface area contributed by atoms with E-state index in [1.807, 2.05) is 43.3 Å². The molecule has 8 heteroatoms. The number of carbonyl (C=O) groups excluding carboxylic acids is 1. The zero-order valence-electron chi connectivity index (χ0n) is 19.2. The molecule has 0 spiro atoms. The highest BCUT2D eigenvalue weighted by Crippen LogP contribution is 2.20. The van der Waals surface area contributed by atoms with Crippen molar-refractivity contribution >= 4 is 28.9 Å². The lowest BCUT2D eigenvalue weighted by Crippen LogP contribution is -2.53. The first-order valence-corrected chi connectivity index (χ1v) is 12.0. The van der Waals surface area contributed by atoms with Crippen molar-refractivity contribution < 1.29 is 14.3 Å². The van der Waals surface area contributed by atoms with Crippen LogP contribution in [0.4, 0.5) is 11.4 Å². The Hall–Kier alpha value is -2.32. The van der Waals surface area contributed by atoms with Gasteiger partial charge >= 0.3 is 0 Å². The van der Waals surface area contributed by atoms with Gasteiger partial charge in [0, 0.05) is 62.2 Å². The molecule has 2 aliphatic rings. The molecule has 0 aromatic heterocycles. The van der Waals surface area contributed by atoms with Crippen molar-refractivity contribution in [2.24, 2.45) is 0 Å². The van der Waals surface area contributed by atoms with E-state index in [0.29, 0.717) is 11.6 Å². The van der Waals surface area contributed by atoms with Crippen LogP contribution < -0.4 is 15.0 Å². The molecule has 2 heterocycles. The number of nitrogens with one attached hydrogen (secondary N) is 1. The maximum atomic E-state index is 12.8. The summed E-state index contributed by atoms with van der Waals surface area (Å²) in [5, 5.41) is 3.78. The fourth-order valence-corrected chi connectivity index (χ4v) is 4.31. The van der Waals surface area contributed by atoms with Gasteiger partial charge < -0.3 is 19.7 Å². The standard InChI is InChI=1S/C25H33ClN4O3/c1-20(25(31)27-22-4-6-23(7-5-22)30-15-17-32-18-16-30)29-12-10-28(11-13-29)14-19-33-24-8-2-21(26)3-9-24/h2-9,20H,10-19H2,1H3,(H,27,31)/t20-/m1/s1. The largest absolute Gasteiger partial charge is 0.492 e. The second-order valence-electron chi connectivity index (χ2n) is 8.49. The van der Waals surface area contributed by atoms with Crippen molar-refractivity contribution in [3.63, 3.8) is 0 Å². The number of amides is 1. The minimum absolute atomic E-state index is 0.0358. The van der Waals surface area contributed by atoms with Gasteiger partial charge in [0.2, 0.25) is 5.91 Å². The lowest BCUT2D eigenvalue weighted by Gasteiger charge is -2.37. The van der Waals surface area contributed by atoms with Crippen molar-refractivity contribution in [1.82, 2.24) is 9.80 Å². The van der Waals surface area contributed by atoms with Gasteiger partial charge in [-0.3, -0.25) is 14.6 Å². The molecule has 2 saturated heterocycles. The van der Waals surface area contributed by atoms with Gasteiger partial charge in [0.1, 0.15) is 12.4 Å². The van der Waals surface area contributed by atoms with Crippen molar-refractivity contribution in [1.29, 1.82) is 0 Å². The van der Waals surface area contributed by atoms with E-state index in [1.54, 1.807) is 0 Å². The molecule has 0 unspecified atom stereocenters. The Morgan fingerprint density at radius 2 is 1.67 bits per heavy atom. The molecule has 2 aromatic rings. The SMILES string of the molecule is C[C@H](C(=O)Nc1ccc(N2CCOCC2)cc1)N1CCN(CCOc2ccc(Cl)cc2)CC1. The minimum Gasteiger partial charge on any atom is -0.492 e. The van der Waals surface area contributed by atoms with Crippen molar-refractivity contribution in [2.45, 2.75) is 13.0 Å². The Labute approximate surface area is 201 Å². The molecular formula is C25H33ClN4O3. The number of hydrogen-bond donors (Lipinski definition) is 1. The fourth-order valence-electron chi connectivity index (χ4n) is 4.19. The zero-order valence-corrected chi connectivity index (χ0v) is 20.0. The van der Waals surface area contributed by atoms with Crippen LogP contribution in [0.3, 0.4) is 0 Å². The number of rotatable bonds is 8. The Morgan fingerprint density at radius 1 is 1.00 bits per heavy atom. The normalized spacial score (nSPS) is 18.7. The molecular weight excluding hydrogens is 440 g/mol. The first-order chi connectivity index (χ1) is 16.1. The highest BCUT2D eigenvalue weighted by Gasteiger charge is 2.25. The van der Waals surface area contributed by atoms with Gasteiger partial charge in [-0.25, -0.2) is 0 Å². The Balaban J connectivity index is 1.17. The van der Waals surface area contributed by atoms with E-state index >= 15 is 0 Å². The lowest BCUT2D eigenvalue weighted by molar-refractivity contribution is -0.121. The number of hydrogen-bond acceptors (Lipinski definition) is 6. The zero-order chi connectivity index (χ0) is 23.0. The summed E-state index contributed by atoms with van der Waals surface area (Å²) in [4.78, 5) is 19.7. The Kier molecular flexibility index (Phi) is 8.45. The summed E-state index contributed by atoms with van der Waals surface area (Å²) >= 11 is 5.91. The molecule has 2 aliphatic heterocycles. The number of piperazine rings is 1. The molecule has 33 heavy (non-hydrogen) atoms. The first-order valence-electron chi connectivity index (χ1n) is 11.7. The summed E-state index contributed by atoms with van der Waals surface area (Å²) in [5.41, 5.74) is 2.00. The summed E-state index contributed by atoms with van der Waals surface area (Å²) in [7, 11) is 0. The van der Waals surface area contributed by atoms with Gasteiger partial charge in [0.15, 0.2) is 0 Å². The van der Waals surface area contributed by atoms with E-state index in [9.17, 15) is 4.79 Å². The number of anilines is 2. The minimum atomic E-state index is -0.170. The van der Waals surface area contributed by atoms with Gasteiger partial charge in [0.05, 0.1) is 19.3 Å². The van der Waals surface area contributed by atoms with Crippen LogP contribution >= 0.6 is 11.6 Å². The van der Waals surface area contributed by atoms with E-state index in [-0.39, 0.29) is 11.9 Å². The van der Waals surface area contributed by atoms with Gasteiger partial charge in [-0.05, 0) is 55.5 Å². The molecule has 1 amide bonds. The van der Waals surface area contributed by atoms with Crippen LogP contribution in [0.5, 0.6) is 5.75 Å². The van der Waals surface area contributed by atoms with Crippen LogP contribution in [0.25, 0.3) is 0 Å². The highest BCUT2D eigenvalue weighted by atomic mass is 35.5. The molecule has 1 atom stereocenters. The van der Waals surface area contributed by atoms with Crippen molar-refractivity contribution in [2.75, 3.05) is 75.9 Å². The molecule has 0 aliphatic carbocycles. The maximum absolute atomic E-state index is 12.8. The topological polar surface area (TPSA) is 57.3 Å². The number of benzene rings is 2. The Morgan fingerprint density at radius 3 is 2.33 bits per heavy atom. The van der Waals surface area contributed by atoms with Gasteiger partial charge in [0.25, 0.3) is 0 Å². The van der Waals surface area contributed by atoms with Gasteiger partial charge in [-0.15, -0.1) is 0 Å². The predicted molar refractivity (Wildman–Crippen MR) is 133 cm³/mol. The van der Waals surface area contributed by atoms with E-state index in [2.05, 4.69) is 32.1 Å². The van der Waals surface area contributed by atoms with Gasteiger partial charge in [-0.1, -0.05) is 11.6 Å². The van der Waals surface area contributed by atoms with Crippen LogP contribution in [0.15, 0.2) is 48.5 Å². The lowest BCUT2D eigenvalue weighted by atomic mass is 10.2. The van der Waals surface area contributed by atoms with Gasteiger partial charge in [-0.2, -0.15) is 0 Å². The quantitative estimate of drug-likeness (QED) is 0.636. The molecule has 178 valence electrons. The summed E-state index contributed by atoms with van der Waals surface area (Å²) < 4.78 is 11.2. The van der Waals surface area contributed by atoms with E-state index < -0.39 is 0 Å². The van der Waals surface area contributed by atoms with Crippen LogP contribution in [0.1, 0.15) is 6.92 Å².